The van der Waals surface area contributed by atoms with Crippen LogP contribution in [-0.2, 0) is 4.79 Å². The predicted molar refractivity (Wildman–Crippen MR) is 114 cm³/mol. The molecule has 0 spiro atoms. The standard InChI is InChI=1S/C22H25N3O3S/c1-4-16(17-8-6-5-7-9-17)14-23-20(26)15(2)29-22-25-24-21(28-22)18-10-12-19(27-3)13-11-18/h5-13,15-16H,4,14H2,1-3H3,(H,23,26)/t15-,16-/m1/s1. The molecular formula is C22H25N3O3S. The molecule has 2 aromatic carbocycles. The van der Waals surface area contributed by atoms with Crippen molar-refractivity contribution < 1.29 is 13.9 Å². The molecule has 3 aromatic rings. The third-order valence-corrected chi connectivity index (χ3v) is 5.61. The van der Waals surface area contributed by atoms with Gasteiger partial charge in [0.25, 0.3) is 5.22 Å². The van der Waals surface area contributed by atoms with Crippen LogP contribution in [0.5, 0.6) is 5.75 Å². The molecule has 0 unspecified atom stereocenters. The summed E-state index contributed by atoms with van der Waals surface area (Å²) in [6.07, 6.45) is 0.959. The Kier molecular flexibility index (Phi) is 7.30. The summed E-state index contributed by atoms with van der Waals surface area (Å²) < 4.78 is 10.9. The summed E-state index contributed by atoms with van der Waals surface area (Å²) in [5, 5.41) is 11.2. The van der Waals surface area contributed by atoms with Crippen molar-refractivity contribution in [2.45, 2.75) is 36.7 Å². The topological polar surface area (TPSA) is 77.2 Å². The van der Waals surface area contributed by atoms with Gasteiger partial charge in [-0.15, -0.1) is 10.2 Å². The second kappa shape index (κ2) is 10.1. The van der Waals surface area contributed by atoms with Crippen molar-refractivity contribution in [3.05, 3.63) is 60.2 Å². The predicted octanol–water partition coefficient (Wildman–Crippen LogP) is 4.54. The molecule has 6 nitrogen and oxygen atoms in total. The van der Waals surface area contributed by atoms with Gasteiger partial charge in [-0.1, -0.05) is 49.0 Å². The highest BCUT2D eigenvalue weighted by atomic mass is 32.2. The first-order valence-corrected chi connectivity index (χ1v) is 10.5. The molecule has 1 heterocycles. The SMILES string of the molecule is CC[C@H](CNC(=O)[C@@H](C)Sc1nnc(-c2ccc(OC)cc2)o1)c1ccccc1. The number of methoxy groups -OCH3 is 1. The zero-order chi connectivity index (χ0) is 20.6. The Balaban J connectivity index is 1.55. The number of amides is 1. The lowest BCUT2D eigenvalue weighted by Crippen LogP contribution is -2.34. The number of carbonyl (C=O) groups excluding carboxylic acids is 1. The Bertz CT molecular complexity index is 913. The van der Waals surface area contributed by atoms with E-state index in [0.717, 1.165) is 17.7 Å². The number of hydrogen-bond acceptors (Lipinski definition) is 6. The maximum absolute atomic E-state index is 12.5. The molecule has 0 fully saturated rings. The van der Waals surface area contributed by atoms with Crippen LogP contribution in [0.25, 0.3) is 11.5 Å². The zero-order valence-electron chi connectivity index (χ0n) is 16.8. The van der Waals surface area contributed by atoms with Gasteiger partial charge in [-0.3, -0.25) is 4.79 Å². The Morgan fingerprint density at radius 2 is 1.86 bits per heavy atom. The van der Waals surface area contributed by atoms with E-state index in [9.17, 15) is 4.79 Å². The van der Waals surface area contributed by atoms with E-state index < -0.39 is 0 Å². The lowest BCUT2D eigenvalue weighted by molar-refractivity contribution is -0.120. The summed E-state index contributed by atoms with van der Waals surface area (Å²) in [6.45, 7) is 4.56. The molecular weight excluding hydrogens is 386 g/mol. The third-order valence-electron chi connectivity index (χ3n) is 4.68. The summed E-state index contributed by atoms with van der Waals surface area (Å²) in [5.74, 6) is 1.42. The summed E-state index contributed by atoms with van der Waals surface area (Å²) in [4.78, 5) is 12.5. The second-order valence-electron chi connectivity index (χ2n) is 6.62. The van der Waals surface area contributed by atoms with E-state index in [2.05, 4.69) is 34.6 Å². The minimum Gasteiger partial charge on any atom is -0.497 e. The highest BCUT2D eigenvalue weighted by Crippen LogP contribution is 2.27. The van der Waals surface area contributed by atoms with Gasteiger partial charge in [0, 0.05) is 18.0 Å². The van der Waals surface area contributed by atoms with E-state index >= 15 is 0 Å². The van der Waals surface area contributed by atoms with Gasteiger partial charge in [0.2, 0.25) is 11.8 Å². The summed E-state index contributed by atoms with van der Waals surface area (Å²) >= 11 is 1.25. The highest BCUT2D eigenvalue weighted by molar-refractivity contribution is 8.00. The number of nitrogens with one attached hydrogen (secondary N) is 1. The first kappa shape index (κ1) is 20.9. The summed E-state index contributed by atoms with van der Waals surface area (Å²) in [6, 6.07) is 17.6. The van der Waals surface area contributed by atoms with E-state index in [1.54, 1.807) is 7.11 Å². The van der Waals surface area contributed by atoms with Gasteiger partial charge in [0.1, 0.15) is 5.75 Å². The fourth-order valence-corrected chi connectivity index (χ4v) is 3.61. The molecule has 0 aliphatic heterocycles. The van der Waals surface area contributed by atoms with Crippen molar-refractivity contribution >= 4 is 17.7 Å². The number of rotatable bonds is 9. The molecule has 29 heavy (non-hydrogen) atoms. The third kappa shape index (κ3) is 5.60. The smallest absolute Gasteiger partial charge is 0.277 e. The van der Waals surface area contributed by atoms with Crippen molar-refractivity contribution in [1.82, 2.24) is 15.5 Å². The molecule has 0 saturated heterocycles. The molecule has 0 aliphatic rings. The average molecular weight is 412 g/mol. The normalized spacial score (nSPS) is 12.9. The Hall–Kier alpha value is -2.80. The molecule has 2 atom stereocenters. The van der Waals surface area contributed by atoms with E-state index in [-0.39, 0.29) is 11.2 Å². The first-order valence-electron chi connectivity index (χ1n) is 9.58. The number of hydrogen-bond donors (Lipinski definition) is 1. The minimum absolute atomic E-state index is 0.0476. The van der Waals surface area contributed by atoms with Crippen LogP contribution in [-0.4, -0.2) is 35.0 Å². The highest BCUT2D eigenvalue weighted by Gasteiger charge is 2.20. The van der Waals surface area contributed by atoms with E-state index in [4.69, 9.17) is 9.15 Å². The Labute approximate surface area is 175 Å². The van der Waals surface area contributed by atoms with Gasteiger partial charge in [0.05, 0.1) is 12.4 Å². The summed E-state index contributed by atoms with van der Waals surface area (Å²) in [7, 11) is 1.62. The van der Waals surface area contributed by atoms with Crippen LogP contribution < -0.4 is 10.1 Å². The number of ether oxygens (including phenoxy) is 1. The van der Waals surface area contributed by atoms with Crippen molar-refractivity contribution in [1.29, 1.82) is 0 Å². The van der Waals surface area contributed by atoms with Crippen LogP contribution in [0.2, 0.25) is 0 Å². The number of carbonyl (C=O) groups is 1. The van der Waals surface area contributed by atoms with Crippen LogP contribution in [0.15, 0.2) is 64.2 Å². The molecule has 1 aromatic heterocycles. The fourth-order valence-electron chi connectivity index (χ4n) is 2.90. The quantitative estimate of drug-likeness (QED) is 0.521. The number of benzene rings is 2. The van der Waals surface area contributed by atoms with Crippen LogP contribution >= 0.6 is 11.8 Å². The Morgan fingerprint density at radius 3 is 2.52 bits per heavy atom. The Morgan fingerprint density at radius 1 is 1.14 bits per heavy atom. The second-order valence-corrected chi connectivity index (χ2v) is 7.91. The maximum Gasteiger partial charge on any atom is 0.277 e. The molecule has 3 rings (SSSR count). The van der Waals surface area contributed by atoms with E-state index in [0.29, 0.717) is 23.6 Å². The number of aromatic nitrogens is 2. The van der Waals surface area contributed by atoms with Gasteiger partial charge in [-0.25, -0.2) is 0 Å². The van der Waals surface area contributed by atoms with Crippen molar-refractivity contribution in [3.63, 3.8) is 0 Å². The van der Waals surface area contributed by atoms with Crippen LogP contribution in [0.4, 0.5) is 0 Å². The first-order chi connectivity index (χ1) is 14.1. The molecule has 0 aliphatic carbocycles. The zero-order valence-corrected chi connectivity index (χ0v) is 17.6. The number of nitrogens with zero attached hydrogens (tertiary/aromatic N) is 2. The molecule has 0 saturated carbocycles. The summed E-state index contributed by atoms with van der Waals surface area (Å²) in [5.41, 5.74) is 2.03. The van der Waals surface area contributed by atoms with Crippen molar-refractivity contribution in [2.75, 3.05) is 13.7 Å². The van der Waals surface area contributed by atoms with Crippen LogP contribution in [0.1, 0.15) is 31.7 Å². The molecule has 152 valence electrons. The van der Waals surface area contributed by atoms with Gasteiger partial charge in [-0.05, 0) is 43.2 Å². The van der Waals surface area contributed by atoms with E-state index in [1.165, 1.54) is 17.3 Å². The molecule has 1 amide bonds. The van der Waals surface area contributed by atoms with Crippen LogP contribution in [0.3, 0.4) is 0 Å². The lowest BCUT2D eigenvalue weighted by Gasteiger charge is -2.17. The van der Waals surface area contributed by atoms with Gasteiger partial charge in [0.15, 0.2) is 0 Å². The largest absolute Gasteiger partial charge is 0.497 e. The van der Waals surface area contributed by atoms with Gasteiger partial charge in [-0.2, -0.15) is 0 Å². The van der Waals surface area contributed by atoms with Gasteiger partial charge < -0.3 is 14.5 Å². The molecule has 0 radical (unpaired) electrons. The average Bonchev–Trinajstić information content (AvgIpc) is 3.23. The maximum atomic E-state index is 12.5. The monoisotopic (exact) mass is 411 g/mol. The van der Waals surface area contributed by atoms with Crippen molar-refractivity contribution in [3.8, 4) is 17.2 Å². The fraction of sp³-hybridized carbons (Fsp3) is 0.318. The number of thioether (sulfide) groups is 1. The lowest BCUT2D eigenvalue weighted by atomic mass is 9.96. The van der Waals surface area contributed by atoms with E-state index in [1.807, 2.05) is 49.4 Å². The molecule has 0 bridgehead atoms. The molecule has 7 heteroatoms. The molecule has 1 N–H and O–H groups in total. The van der Waals surface area contributed by atoms with Gasteiger partial charge >= 0.3 is 0 Å². The minimum atomic E-state index is -0.340. The van der Waals surface area contributed by atoms with Crippen LogP contribution in [0, 0.1) is 0 Å². The van der Waals surface area contributed by atoms with Crippen molar-refractivity contribution in [2.24, 2.45) is 0 Å².